The Morgan fingerprint density at radius 2 is 2.44 bits per heavy atom. The Kier molecular flexibility index (Phi) is 3.93. The van der Waals surface area contributed by atoms with Gasteiger partial charge in [0, 0.05) is 19.3 Å². The lowest BCUT2D eigenvalue weighted by atomic mass is 10.2. The Hall–Kier alpha value is -1.89. The molecule has 0 aromatic carbocycles. The zero-order valence-electron chi connectivity index (χ0n) is 9.93. The standard InChI is InChI=1S/C11H16N4O3/c16-10(8-2-1-3-12-8)13-4-5-15-6-9(11(17)18)14-7-15/h6-8,12H,1-5H2,(H,13,16)(H,17,18)/t8-/m0/s1. The van der Waals surface area contributed by atoms with Gasteiger partial charge >= 0.3 is 5.97 Å². The fourth-order valence-corrected chi connectivity index (χ4v) is 1.93. The fourth-order valence-electron chi connectivity index (χ4n) is 1.93. The first-order chi connectivity index (χ1) is 8.66. The summed E-state index contributed by atoms with van der Waals surface area (Å²) in [5.74, 6) is -1.04. The van der Waals surface area contributed by atoms with E-state index in [0.717, 1.165) is 19.4 Å². The van der Waals surface area contributed by atoms with E-state index in [2.05, 4.69) is 15.6 Å². The molecule has 1 saturated heterocycles. The minimum absolute atomic E-state index is 0.00562. The molecule has 2 rings (SSSR count). The third kappa shape index (κ3) is 3.07. The lowest BCUT2D eigenvalue weighted by Gasteiger charge is -2.10. The Morgan fingerprint density at radius 3 is 3.06 bits per heavy atom. The molecule has 0 bridgehead atoms. The molecule has 2 heterocycles. The molecule has 1 atom stereocenters. The van der Waals surface area contributed by atoms with Gasteiger partial charge < -0.3 is 20.3 Å². The summed E-state index contributed by atoms with van der Waals surface area (Å²) in [5, 5.41) is 14.6. The SMILES string of the molecule is O=C(O)c1cn(CCNC(=O)[C@@H]2CCCN2)cn1. The summed E-state index contributed by atoms with van der Waals surface area (Å²) in [6.45, 7) is 1.87. The molecule has 7 nitrogen and oxygen atoms in total. The van der Waals surface area contributed by atoms with E-state index in [9.17, 15) is 9.59 Å². The van der Waals surface area contributed by atoms with Crippen LogP contribution in [0.3, 0.4) is 0 Å². The molecule has 1 aromatic heterocycles. The lowest BCUT2D eigenvalue weighted by Crippen LogP contribution is -2.41. The third-order valence-electron chi connectivity index (χ3n) is 2.90. The first kappa shape index (κ1) is 12.6. The van der Waals surface area contributed by atoms with Crippen molar-refractivity contribution in [1.82, 2.24) is 20.2 Å². The van der Waals surface area contributed by atoms with Crippen LogP contribution in [0, 0.1) is 0 Å². The number of rotatable bonds is 5. The molecule has 98 valence electrons. The van der Waals surface area contributed by atoms with Crippen LogP contribution in [-0.2, 0) is 11.3 Å². The van der Waals surface area contributed by atoms with Gasteiger partial charge in [-0.15, -0.1) is 0 Å². The molecule has 0 saturated carbocycles. The number of carbonyl (C=O) groups is 2. The number of nitrogens with one attached hydrogen (secondary N) is 2. The zero-order chi connectivity index (χ0) is 13.0. The Morgan fingerprint density at radius 1 is 1.61 bits per heavy atom. The van der Waals surface area contributed by atoms with Crippen molar-refractivity contribution >= 4 is 11.9 Å². The average molecular weight is 252 g/mol. The number of hydrogen-bond donors (Lipinski definition) is 3. The molecule has 1 amide bonds. The van der Waals surface area contributed by atoms with Crippen LogP contribution in [0.1, 0.15) is 23.3 Å². The fraction of sp³-hybridized carbons (Fsp3) is 0.545. The van der Waals surface area contributed by atoms with Crippen molar-refractivity contribution < 1.29 is 14.7 Å². The second-order valence-corrected chi connectivity index (χ2v) is 4.24. The van der Waals surface area contributed by atoms with Gasteiger partial charge in [0.25, 0.3) is 0 Å². The highest BCUT2D eigenvalue weighted by Gasteiger charge is 2.21. The Bertz CT molecular complexity index is 437. The van der Waals surface area contributed by atoms with Crippen LogP contribution < -0.4 is 10.6 Å². The van der Waals surface area contributed by atoms with Gasteiger partial charge in [-0.3, -0.25) is 4.79 Å². The van der Waals surface area contributed by atoms with Crippen LogP contribution in [0.25, 0.3) is 0 Å². The van der Waals surface area contributed by atoms with E-state index in [0.29, 0.717) is 13.1 Å². The summed E-state index contributed by atoms with van der Waals surface area (Å²) in [7, 11) is 0. The van der Waals surface area contributed by atoms with Crippen LogP contribution >= 0.6 is 0 Å². The zero-order valence-corrected chi connectivity index (χ0v) is 9.93. The van der Waals surface area contributed by atoms with Crippen LogP contribution in [-0.4, -0.2) is 45.7 Å². The minimum atomic E-state index is -1.05. The predicted octanol–water partition coefficient (Wildman–Crippen LogP) is -0.550. The van der Waals surface area contributed by atoms with Gasteiger partial charge in [0.1, 0.15) is 0 Å². The summed E-state index contributed by atoms with van der Waals surface area (Å²) in [5.41, 5.74) is 0.0128. The number of nitrogens with zero attached hydrogens (tertiary/aromatic N) is 2. The van der Waals surface area contributed by atoms with E-state index < -0.39 is 5.97 Å². The third-order valence-corrected chi connectivity index (χ3v) is 2.90. The minimum Gasteiger partial charge on any atom is -0.476 e. The van der Waals surface area contributed by atoms with Crippen molar-refractivity contribution in [2.45, 2.75) is 25.4 Å². The predicted molar refractivity (Wildman–Crippen MR) is 63.2 cm³/mol. The number of amides is 1. The van der Waals surface area contributed by atoms with Gasteiger partial charge in [0.15, 0.2) is 5.69 Å². The van der Waals surface area contributed by atoms with Crippen molar-refractivity contribution in [3.05, 3.63) is 18.2 Å². The maximum atomic E-state index is 11.7. The normalized spacial score (nSPS) is 18.8. The molecule has 0 unspecified atom stereocenters. The van der Waals surface area contributed by atoms with Crippen molar-refractivity contribution in [3.63, 3.8) is 0 Å². The smallest absolute Gasteiger partial charge is 0.356 e. The van der Waals surface area contributed by atoms with E-state index in [-0.39, 0.29) is 17.6 Å². The second kappa shape index (κ2) is 5.63. The van der Waals surface area contributed by atoms with Gasteiger partial charge in [0.2, 0.25) is 5.91 Å². The molecule has 3 N–H and O–H groups in total. The molecule has 1 aliphatic rings. The molecule has 1 aliphatic heterocycles. The molecule has 0 radical (unpaired) electrons. The van der Waals surface area contributed by atoms with Gasteiger partial charge in [0.05, 0.1) is 12.4 Å². The summed E-state index contributed by atoms with van der Waals surface area (Å²) < 4.78 is 1.64. The van der Waals surface area contributed by atoms with Crippen LogP contribution in [0.5, 0.6) is 0 Å². The highest BCUT2D eigenvalue weighted by atomic mass is 16.4. The van der Waals surface area contributed by atoms with Gasteiger partial charge in [-0.05, 0) is 19.4 Å². The molecular formula is C11H16N4O3. The van der Waals surface area contributed by atoms with Crippen molar-refractivity contribution in [2.24, 2.45) is 0 Å². The first-order valence-corrected chi connectivity index (χ1v) is 5.93. The van der Waals surface area contributed by atoms with Crippen molar-refractivity contribution in [1.29, 1.82) is 0 Å². The molecule has 7 heteroatoms. The lowest BCUT2D eigenvalue weighted by molar-refractivity contribution is -0.122. The number of carboxylic acid groups (broad SMARTS) is 1. The maximum Gasteiger partial charge on any atom is 0.356 e. The number of carboxylic acids is 1. The molecular weight excluding hydrogens is 236 g/mol. The quantitative estimate of drug-likeness (QED) is 0.653. The van der Waals surface area contributed by atoms with E-state index in [1.807, 2.05) is 0 Å². The maximum absolute atomic E-state index is 11.7. The Labute approximate surface area is 104 Å². The molecule has 0 spiro atoms. The van der Waals surface area contributed by atoms with Crippen LogP contribution in [0.4, 0.5) is 0 Å². The van der Waals surface area contributed by atoms with Crippen LogP contribution in [0.2, 0.25) is 0 Å². The second-order valence-electron chi connectivity index (χ2n) is 4.24. The average Bonchev–Trinajstić information content (AvgIpc) is 3.00. The number of hydrogen-bond acceptors (Lipinski definition) is 4. The van der Waals surface area contributed by atoms with Gasteiger partial charge in [-0.2, -0.15) is 0 Å². The van der Waals surface area contributed by atoms with Gasteiger partial charge in [-0.25, -0.2) is 9.78 Å². The van der Waals surface area contributed by atoms with E-state index in [4.69, 9.17) is 5.11 Å². The summed E-state index contributed by atoms with van der Waals surface area (Å²) in [4.78, 5) is 26.0. The van der Waals surface area contributed by atoms with E-state index in [1.165, 1.54) is 12.5 Å². The van der Waals surface area contributed by atoms with Gasteiger partial charge in [-0.1, -0.05) is 0 Å². The van der Waals surface area contributed by atoms with Crippen LogP contribution in [0.15, 0.2) is 12.5 Å². The topological polar surface area (TPSA) is 96.2 Å². The summed E-state index contributed by atoms with van der Waals surface area (Å²) >= 11 is 0. The summed E-state index contributed by atoms with van der Waals surface area (Å²) in [6.07, 6.45) is 4.80. The monoisotopic (exact) mass is 252 g/mol. The highest BCUT2D eigenvalue weighted by molar-refractivity contribution is 5.84. The number of imidazole rings is 1. The van der Waals surface area contributed by atoms with Crippen molar-refractivity contribution in [2.75, 3.05) is 13.1 Å². The number of aromatic carboxylic acids is 1. The first-order valence-electron chi connectivity index (χ1n) is 5.93. The molecule has 18 heavy (non-hydrogen) atoms. The number of aromatic nitrogens is 2. The van der Waals surface area contributed by atoms with Crippen molar-refractivity contribution in [3.8, 4) is 0 Å². The highest BCUT2D eigenvalue weighted by Crippen LogP contribution is 2.04. The molecule has 1 aromatic rings. The Balaban J connectivity index is 1.74. The largest absolute Gasteiger partial charge is 0.476 e. The summed E-state index contributed by atoms with van der Waals surface area (Å²) in [6, 6.07) is -0.0811. The van der Waals surface area contributed by atoms with E-state index >= 15 is 0 Å². The van der Waals surface area contributed by atoms with E-state index in [1.54, 1.807) is 4.57 Å². The molecule has 1 fully saturated rings. The number of carbonyl (C=O) groups excluding carboxylic acids is 1. The molecule has 0 aliphatic carbocycles.